The summed E-state index contributed by atoms with van der Waals surface area (Å²) in [4.78, 5) is 7.11. The summed E-state index contributed by atoms with van der Waals surface area (Å²) in [6.07, 6.45) is 3.92. The van der Waals surface area contributed by atoms with Crippen LogP contribution in [0, 0.1) is 12.8 Å². The first-order valence-electron chi connectivity index (χ1n) is 6.66. The van der Waals surface area contributed by atoms with Crippen molar-refractivity contribution < 1.29 is 0 Å². The Hall–Kier alpha value is -1.09. The van der Waals surface area contributed by atoms with Gasteiger partial charge >= 0.3 is 0 Å². The molecular formula is C14H23N3. The summed E-state index contributed by atoms with van der Waals surface area (Å²) in [6.45, 7) is 7.08. The molecule has 1 aliphatic rings. The van der Waals surface area contributed by atoms with Crippen molar-refractivity contribution in [1.29, 1.82) is 0 Å². The van der Waals surface area contributed by atoms with Gasteiger partial charge in [0.25, 0.3) is 0 Å². The molecule has 0 atom stereocenters. The van der Waals surface area contributed by atoms with Crippen LogP contribution in [0.25, 0.3) is 0 Å². The zero-order chi connectivity index (χ0) is 12.3. The highest BCUT2D eigenvalue weighted by Crippen LogP contribution is 2.32. The molecule has 0 aromatic carbocycles. The molecule has 3 nitrogen and oxygen atoms in total. The molecule has 0 spiro atoms. The van der Waals surface area contributed by atoms with Gasteiger partial charge in [-0.1, -0.05) is 13.0 Å². The van der Waals surface area contributed by atoms with Crippen molar-refractivity contribution in [2.24, 2.45) is 11.7 Å². The van der Waals surface area contributed by atoms with Crippen LogP contribution in [0.4, 0.5) is 5.82 Å². The second-order valence-electron chi connectivity index (χ2n) is 5.03. The van der Waals surface area contributed by atoms with Crippen molar-refractivity contribution in [3.63, 3.8) is 0 Å². The zero-order valence-corrected chi connectivity index (χ0v) is 10.9. The van der Waals surface area contributed by atoms with E-state index in [1.54, 1.807) is 0 Å². The number of nitrogens with zero attached hydrogens (tertiary/aromatic N) is 2. The number of nitrogens with two attached hydrogens (primary N) is 1. The number of aromatic nitrogens is 1. The third-order valence-electron chi connectivity index (χ3n) is 3.28. The minimum Gasteiger partial charge on any atom is -0.356 e. The third-order valence-corrected chi connectivity index (χ3v) is 3.28. The van der Waals surface area contributed by atoms with E-state index in [1.165, 1.54) is 18.4 Å². The molecule has 17 heavy (non-hydrogen) atoms. The van der Waals surface area contributed by atoms with Gasteiger partial charge in [0.2, 0.25) is 0 Å². The fourth-order valence-electron chi connectivity index (χ4n) is 2.17. The lowest BCUT2D eigenvalue weighted by Crippen LogP contribution is -2.29. The molecule has 0 saturated heterocycles. The van der Waals surface area contributed by atoms with Crippen LogP contribution in [0.3, 0.4) is 0 Å². The van der Waals surface area contributed by atoms with Crippen molar-refractivity contribution in [2.45, 2.75) is 39.7 Å². The van der Waals surface area contributed by atoms with Gasteiger partial charge in [-0.25, -0.2) is 4.98 Å². The molecule has 1 fully saturated rings. The number of hydrogen-bond donors (Lipinski definition) is 1. The second kappa shape index (κ2) is 5.50. The van der Waals surface area contributed by atoms with Gasteiger partial charge < -0.3 is 10.6 Å². The van der Waals surface area contributed by atoms with Crippen LogP contribution in [-0.4, -0.2) is 18.1 Å². The Bertz CT molecular complexity index is 372. The summed E-state index contributed by atoms with van der Waals surface area (Å²) in [6, 6.07) is 4.17. The molecule has 1 aromatic heterocycles. The molecule has 3 heteroatoms. The minimum atomic E-state index is 0.577. The molecule has 0 radical (unpaired) electrons. The Balaban J connectivity index is 2.22. The van der Waals surface area contributed by atoms with Crippen molar-refractivity contribution in [3.05, 3.63) is 23.4 Å². The topological polar surface area (TPSA) is 42.2 Å². The van der Waals surface area contributed by atoms with Crippen molar-refractivity contribution in [1.82, 2.24) is 4.98 Å². The first-order valence-corrected chi connectivity index (χ1v) is 6.66. The predicted octanol–water partition coefficient (Wildman–Crippen LogP) is 2.48. The molecule has 2 rings (SSSR count). The van der Waals surface area contributed by atoms with E-state index in [1.807, 2.05) is 13.0 Å². The van der Waals surface area contributed by atoms with E-state index in [0.717, 1.165) is 36.9 Å². The summed E-state index contributed by atoms with van der Waals surface area (Å²) < 4.78 is 0. The van der Waals surface area contributed by atoms with Gasteiger partial charge in [-0.05, 0) is 38.2 Å². The highest BCUT2D eigenvalue weighted by molar-refractivity contribution is 5.48. The minimum absolute atomic E-state index is 0.577. The van der Waals surface area contributed by atoms with Crippen molar-refractivity contribution in [2.75, 3.05) is 18.0 Å². The molecule has 1 aromatic rings. The maximum Gasteiger partial charge on any atom is 0.133 e. The monoisotopic (exact) mass is 233 g/mol. The zero-order valence-electron chi connectivity index (χ0n) is 10.9. The Morgan fingerprint density at radius 1 is 1.41 bits per heavy atom. The Labute approximate surface area is 104 Å². The maximum absolute atomic E-state index is 5.81. The summed E-state index contributed by atoms with van der Waals surface area (Å²) in [5.41, 5.74) is 8.06. The van der Waals surface area contributed by atoms with E-state index in [2.05, 4.69) is 22.9 Å². The quantitative estimate of drug-likeness (QED) is 0.820. The van der Waals surface area contributed by atoms with Gasteiger partial charge in [0.05, 0.1) is 0 Å². The van der Waals surface area contributed by atoms with E-state index < -0.39 is 0 Å². The van der Waals surface area contributed by atoms with Gasteiger partial charge in [-0.2, -0.15) is 0 Å². The maximum atomic E-state index is 5.81. The van der Waals surface area contributed by atoms with Crippen molar-refractivity contribution in [3.8, 4) is 0 Å². The van der Waals surface area contributed by atoms with Crippen LogP contribution in [-0.2, 0) is 6.54 Å². The van der Waals surface area contributed by atoms with Crippen molar-refractivity contribution >= 4 is 5.82 Å². The molecule has 94 valence electrons. The molecule has 0 bridgehead atoms. The van der Waals surface area contributed by atoms with Gasteiger partial charge in [0.15, 0.2) is 0 Å². The first-order chi connectivity index (χ1) is 8.24. The van der Waals surface area contributed by atoms with Crippen LogP contribution in [0.2, 0.25) is 0 Å². The molecule has 1 aliphatic carbocycles. The number of rotatable bonds is 6. The highest BCUT2D eigenvalue weighted by Gasteiger charge is 2.25. The lowest BCUT2D eigenvalue weighted by molar-refractivity contribution is 0.693. The average Bonchev–Trinajstić information content (AvgIpc) is 3.12. The summed E-state index contributed by atoms with van der Waals surface area (Å²) in [7, 11) is 0. The molecule has 1 heterocycles. The molecule has 2 N–H and O–H groups in total. The number of hydrogen-bond acceptors (Lipinski definition) is 3. The van der Waals surface area contributed by atoms with Crippen LogP contribution < -0.4 is 10.6 Å². The second-order valence-corrected chi connectivity index (χ2v) is 5.03. The third kappa shape index (κ3) is 3.19. The van der Waals surface area contributed by atoms with E-state index >= 15 is 0 Å². The van der Waals surface area contributed by atoms with Crippen LogP contribution >= 0.6 is 0 Å². The molecule has 0 amide bonds. The van der Waals surface area contributed by atoms with E-state index in [9.17, 15) is 0 Å². The van der Waals surface area contributed by atoms with E-state index in [-0.39, 0.29) is 0 Å². The predicted molar refractivity (Wildman–Crippen MR) is 72.1 cm³/mol. The van der Waals surface area contributed by atoms with Gasteiger partial charge in [0, 0.05) is 30.9 Å². The molecule has 0 unspecified atom stereocenters. The van der Waals surface area contributed by atoms with Crippen LogP contribution in [0.15, 0.2) is 12.1 Å². The highest BCUT2D eigenvalue weighted by atomic mass is 15.2. The molecular weight excluding hydrogens is 210 g/mol. The molecule has 0 aliphatic heterocycles. The lowest BCUT2D eigenvalue weighted by atomic mass is 10.2. The lowest BCUT2D eigenvalue weighted by Gasteiger charge is -2.25. The molecule has 1 saturated carbocycles. The summed E-state index contributed by atoms with van der Waals surface area (Å²) >= 11 is 0. The van der Waals surface area contributed by atoms with E-state index in [0.29, 0.717) is 6.54 Å². The van der Waals surface area contributed by atoms with Gasteiger partial charge in [0.1, 0.15) is 5.82 Å². The SMILES string of the molecule is CCCN(CC1CC1)c1nc(C)ccc1CN. The Morgan fingerprint density at radius 2 is 2.18 bits per heavy atom. The number of aryl methyl sites for hydroxylation is 1. The standard InChI is InChI=1S/C14H23N3/c1-3-8-17(10-12-5-6-12)14-13(9-15)7-4-11(2)16-14/h4,7,12H,3,5-6,8-10,15H2,1-2H3. The Morgan fingerprint density at radius 3 is 2.76 bits per heavy atom. The summed E-state index contributed by atoms with van der Waals surface area (Å²) in [5.74, 6) is 2.00. The summed E-state index contributed by atoms with van der Waals surface area (Å²) in [5, 5.41) is 0. The van der Waals surface area contributed by atoms with E-state index in [4.69, 9.17) is 5.73 Å². The Kier molecular flexibility index (Phi) is 4.00. The first kappa shape index (κ1) is 12.4. The van der Waals surface area contributed by atoms with Crippen LogP contribution in [0.1, 0.15) is 37.4 Å². The number of pyridine rings is 1. The average molecular weight is 233 g/mol. The largest absolute Gasteiger partial charge is 0.356 e. The fraction of sp³-hybridized carbons (Fsp3) is 0.643. The van der Waals surface area contributed by atoms with Crippen LogP contribution in [0.5, 0.6) is 0 Å². The number of anilines is 1. The van der Waals surface area contributed by atoms with Gasteiger partial charge in [-0.3, -0.25) is 0 Å². The smallest absolute Gasteiger partial charge is 0.133 e. The van der Waals surface area contributed by atoms with Gasteiger partial charge in [-0.15, -0.1) is 0 Å². The fourth-order valence-corrected chi connectivity index (χ4v) is 2.17. The normalized spacial score (nSPS) is 15.0.